The highest BCUT2D eigenvalue weighted by atomic mass is 16.5. The Bertz CT molecular complexity index is 1680. The molecule has 0 saturated heterocycles. The quantitative estimate of drug-likeness (QED) is 0.216. The van der Waals surface area contributed by atoms with E-state index in [9.17, 15) is 24.3 Å². The third-order valence-electron chi connectivity index (χ3n) is 7.44. The zero-order chi connectivity index (χ0) is 32.6. The number of carbonyl (C=O) groups is 4. The molecule has 240 valence electrons. The molecule has 4 amide bonds. The molecule has 14 nitrogen and oxygen atoms in total. The maximum absolute atomic E-state index is 13.6. The topological polar surface area (TPSA) is 182 Å². The standard InChI is InChI=1S/C32H36N8O6/c1-20-29-37-28(22-7-4-3-5-8-22)38-40(29)18-27(42)33-14-16-46-23-12-10-21(11-13-23)17-24(30(43)36-25(19-41)31(44)34-20)35-32(45)26-9-6-15-39(26)2/h3-13,15,20,24-25,41H,14,16-19H2,1-2H3,(H,33,42)(H,34,44)(H,35,45)(H,36,43)/t20-,24-,25-/m0/s1. The van der Waals surface area contributed by atoms with Gasteiger partial charge in [-0.2, -0.15) is 5.10 Å². The van der Waals surface area contributed by atoms with Crippen molar-refractivity contribution in [1.29, 1.82) is 0 Å². The first-order chi connectivity index (χ1) is 22.2. The highest BCUT2D eigenvalue weighted by molar-refractivity contribution is 5.97. The molecule has 46 heavy (non-hydrogen) atoms. The number of aryl methyl sites for hydroxylation is 1. The molecule has 6 rings (SSSR count). The molecule has 2 aromatic carbocycles. The van der Waals surface area contributed by atoms with Gasteiger partial charge in [0.1, 0.15) is 42.5 Å². The number of aliphatic hydroxyl groups is 1. The summed E-state index contributed by atoms with van der Waals surface area (Å²) in [7, 11) is 1.71. The van der Waals surface area contributed by atoms with Crippen LogP contribution in [0.5, 0.6) is 5.75 Å². The van der Waals surface area contributed by atoms with E-state index >= 15 is 0 Å². The van der Waals surface area contributed by atoms with Gasteiger partial charge in [0.2, 0.25) is 17.7 Å². The van der Waals surface area contributed by atoms with Crippen LogP contribution in [-0.4, -0.2) is 79.9 Å². The Kier molecular flexibility index (Phi) is 10.1. The minimum absolute atomic E-state index is 0.0971. The van der Waals surface area contributed by atoms with Gasteiger partial charge in [-0.05, 0) is 36.8 Å². The number of hydrogen-bond donors (Lipinski definition) is 5. The summed E-state index contributed by atoms with van der Waals surface area (Å²) in [5.41, 5.74) is 1.78. The van der Waals surface area contributed by atoms with Gasteiger partial charge in [0.15, 0.2) is 5.82 Å². The molecule has 0 spiro atoms. The third kappa shape index (κ3) is 7.77. The van der Waals surface area contributed by atoms with Crippen LogP contribution < -0.4 is 26.0 Å². The van der Waals surface area contributed by atoms with Crippen LogP contribution in [0.25, 0.3) is 11.4 Å². The average Bonchev–Trinajstić information content (AvgIpc) is 3.68. The molecule has 2 bridgehead atoms. The van der Waals surface area contributed by atoms with Gasteiger partial charge in [0, 0.05) is 25.2 Å². The number of nitrogens with one attached hydrogen (secondary N) is 4. The van der Waals surface area contributed by atoms with E-state index in [2.05, 4.69) is 31.3 Å². The summed E-state index contributed by atoms with van der Waals surface area (Å²) in [5, 5.41) is 25.6. The van der Waals surface area contributed by atoms with E-state index in [0.29, 0.717) is 23.1 Å². The summed E-state index contributed by atoms with van der Waals surface area (Å²) in [6, 6.07) is 16.3. The van der Waals surface area contributed by atoms with Crippen LogP contribution in [0.4, 0.5) is 0 Å². The van der Waals surface area contributed by atoms with Gasteiger partial charge < -0.3 is 35.7 Å². The molecule has 0 saturated carbocycles. The van der Waals surface area contributed by atoms with Gasteiger partial charge in [-0.3, -0.25) is 19.2 Å². The maximum Gasteiger partial charge on any atom is 0.268 e. The van der Waals surface area contributed by atoms with E-state index in [1.165, 1.54) is 4.68 Å². The Morgan fingerprint density at radius 1 is 1.02 bits per heavy atom. The number of aromatic nitrogens is 4. The van der Waals surface area contributed by atoms with Crippen molar-refractivity contribution in [3.8, 4) is 17.1 Å². The summed E-state index contributed by atoms with van der Waals surface area (Å²) in [4.78, 5) is 57.4. The number of fused-ring (bicyclic) bond motifs is 14. The smallest absolute Gasteiger partial charge is 0.268 e. The van der Waals surface area contributed by atoms with Crippen molar-refractivity contribution in [2.75, 3.05) is 19.8 Å². The highest BCUT2D eigenvalue weighted by Crippen LogP contribution is 2.19. The molecule has 4 aromatic rings. The van der Waals surface area contributed by atoms with Gasteiger partial charge >= 0.3 is 0 Å². The molecule has 2 aliphatic rings. The lowest BCUT2D eigenvalue weighted by molar-refractivity contribution is -0.131. The largest absolute Gasteiger partial charge is 0.492 e. The van der Waals surface area contributed by atoms with Crippen LogP contribution in [0.1, 0.15) is 34.8 Å². The van der Waals surface area contributed by atoms with Crippen molar-refractivity contribution < 1.29 is 29.0 Å². The van der Waals surface area contributed by atoms with Crippen LogP contribution in [0.3, 0.4) is 0 Å². The van der Waals surface area contributed by atoms with Crippen LogP contribution in [0.15, 0.2) is 72.9 Å². The Balaban J connectivity index is 1.43. The third-order valence-corrected chi connectivity index (χ3v) is 7.44. The summed E-state index contributed by atoms with van der Waals surface area (Å²) in [6.07, 6.45) is 1.81. The predicted molar refractivity (Wildman–Crippen MR) is 166 cm³/mol. The molecule has 0 aliphatic carbocycles. The number of amides is 4. The number of carbonyl (C=O) groups excluding carboxylic acids is 4. The summed E-state index contributed by atoms with van der Waals surface area (Å²) in [6.45, 7) is 1.21. The van der Waals surface area contributed by atoms with Crippen LogP contribution >= 0.6 is 0 Å². The first-order valence-corrected chi connectivity index (χ1v) is 14.8. The fourth-order valence-electron chi connectivity index (χ4n) is 4.99. The van der Waals surface area contributed by atoms with E-state index < -0.39 is 42.5 Å². The molecule has 2 aliphatic heterocycles. The normalized spacial score (nSPS) is 19.6. The van der Waals surface area contributed by atoms with E-state index in [4.69, 9.17) is 4.74 Å². The Labute approximate surface area is 265 Å². The molecule has 0 fully saturated rings. The average molecular weight is 629 g/mol. The molecule has 14 heteroatoms. The summed E-state index contributed by atoms with van der Waals surface area (Å²) >= 11 is 0. The molecule has 5 N–H and O–H groups in total. The van der Waals surface area contributed by atoms with Crippen LogP contribution in [0, 0.1) is 0 Å². The number of benzene rings is 2. The second-order valence-electron chi connectivity index (χ2n) is 10.9. The van der Waals surface area contributed by atoms with Gasteiger partial charge in [-0.15, -0.1) is 0 Å². The minimum atomic E-state index is -1.35. The predicted octanol–water partition coefficient (Wildman–Crippen LogP) is 0.488. The zero-order valence-electron chi connectivity index (χ0n) is 25.5. The second-order valence-corrected chi connectivity index (χ2v) is 10.9. The zero-order valence-corrected chi connectivity index (χ0v) is 25.5. The minimum Gasteiger partial charge on any atom is -0.492 e. The lowest BCUT2D eigenvalue weighted by atomic mass is 10.0. The first-order valence-electron chi connectivity index (χ1n) is 14.8. The van der Waals surface area contributed by atoms with E-state index in [1.807, 2.05) is 30.3 Å². The van der Waals surface area contributed by atoms with Crippen molar-refractivity contribution in [3.05, 3.63) is 90.0 Å². The van der Waals surface area contributed by atoms with Gasteiger partial charge in [-0.1, -0.05) is 42.5 Å². The monoisotopic (exact) mass is 628 g/mol. The van der Waals surface area contributed by atoms with E-state index in [0.717, 1.165) is 11.1 Å². The summed E-state index contributed by atoms with van der Waals surface area (Å²) < 4.78 is 8.81. The van der Waals surface area contributed by atoms with Gasteiger partial charge in [0.25, 0.3) is 5.91 Å². The number of aliphatic hydroxyl groups excluding tert-OH is 1. The van der Waals surface area contributed by atoms with Crippen LogP contribution in [0.2, 0.25) is 0 Å². The number of ether oxygens (including phenoxy) is 1. The van der Waals surface area contributed by atoms with Gasteiger partial charge in [0.05, 0.1) is 19.2 Å². The Morgan fingerprint density at radius 3 is 2.48 bits per heavy atom. The van der Waals surface area contributed by atoms with E-state index in [1.54, 1.807) is 61.1 Å². The first kappa shape index (κ1) is 31.9. The number of rotatable bonds is 4. The maximum atomic E-state index is 13.6. The fraction of sp³-hybridized carbons (Fsp3) is 0.312. The molecule has 4 heterocycles. The lowest BCUT2D eigenvalue weighted by Crippen LogP contribution is -2.56. The molecular weight excluding hydrogens is 592 g/mol. The van der Waals surface area contributed by atoms with Crippen molar-refractivity contribution in [3.63, 3.8) is 0 Å². The van der Waals surface area contributed by atoms with Gasteiger partial charge in [-0.25, -0.2) is 9.67 Å². The van der Waals surface area contributed by atoms with Crippen molar-refractivity contribution in [2.24, 2.45) is 7.05 Å². The SMILES string of the molecule is C[C@@H]1NC(=O)[C@H](CO)NC(=O)[C@@H](NC(=O)c2cccn2C)Cc2ccc(cc2)OCCNC(=O)Cn2nc(-c3ccccc3)nc21. The lowest BCUT2D eigenvalue weighted by Gasteiger charge is -2.24. The number of nitrogens with zero attached hydrogens (tertiary/aromatic N) is 4. The van der Waals surface area contributed by atoms with Crippen LogP contribution in [-0.2, 0) is 34.4 Å². The van der Waals surface area contributed by atoms with Crippen molar-refractivity contribution in [2.45, 2.75) is 38.0 Å². The molecule has 3 atom stereocenters. The number of hydrogen-bond acceptors (Lipinski definition) is 8. The van der Waals surface area contributed by atoms with Crippen molar-refractivity contribution in [1.82, 2.24) is 40.6 Å². The Morgan fingerprint density at radius 2 is 1.78 bits per heavy atom. The Hall–Kier alpha value is -5.50. The van der Waals surface area contributed by atoms with E-state index in [-0.39, 0.29) is 32.0 Å². The fourth-order valence-corrected chi connectivity index (χ4v) is 4.99. The molecular formula is C32H36N8O6. The highest BCUT2D eigenvalue weighted by Gasteiger charge is 2.29. The van der Waals surface area contributed by atoms with Crippen molar-refractivity contribution >= 4 is 23.6 Å². The summed E-state index contributed by atoms with van der Waals surface area (Å²) in [5.74, 6) is -0.949. The molecule has 2 aromatic heterocycles. The molecule has 0 radical (unpaired) electrons. The second kappa shape index (κ2) is 14.5. The molecule has 0 unspecified atom stereocenters.